The summed E-state index contributed by atoms with van der Waals surface area (Å²) in [5.41, 5.74) is 8.90. The zero-order chi connectivity index (χ0) is 17.1. The topological polar surface area (TPSA) is 108 Å². The third-order valence-corrected chi connectivity index (χ3v) is 3.82. The van der Waals surface area contributed by atoms with Crippen molar-refractivity contribution in [3.05, 3.63) is 34.5 Å². The van der Waals surface area contributed by atoms with Gasteiger partial charge in [0.2, 0.25) is 0 Å². The summed E-state index contributed by atoms with van der Waals surface area (Å²) in [6.07, 6.45) is -1.42. The number of ether oxygens (including phenoxy) is 2. The number of azide groups is 1. The minimum absolute atomic E-state index is 0.0522. The molecule has 0 aromatic heterocycles. The molecule has 2 aliphatic heterocycles. The summed E-state index contributed by atoms with van der Waals surface area (Å²) in [4.78, 5) is 28.1. The first-order valence-corrected chi connectivity index (χ1v) is 7.26. The van der Waals surface area contributed by atoms with Gasteiger partial charge in [-0.25, -0.2) is 9.18 Å². The Balaban J connectivity index is 1.82. The van der Waals surface area contributed by atoms with Gasteiger partial charge in [-0.1, -0.05) is 5.11 Å². The fourth-order valence-corrected chi connectivity index (χ4v) is 2.73. The molecule has 2 atom stereocenters. The van der Waals surface area contributed by atoms with E-state index >= 15 is 0 Å². The quantitative estimate of drug-likeness (QED) is 0.353. The van der Waals surface area contributed by atoms with Crippen molar-refractivity contribution in [1.82, 2.24) is 0 Å². The summed E-state index contributed by atoms with van der Waals surface area (Å²) < 4.78 is 24.7. The van der Waals surface area contributed by atoms with Crippen LogP contribution in [0.15, 0.2) is 23.3 Å². The third-order valence-electron chi connectivity index (χ3n) is 3.82. The molecule has 1 amide bonds. The number of anilines is 2. The number of nitrogens with zero attached hydrogens (tertiary/aromatic N) is 5. The molecular formula is C14H14FN5O4. The maximum atomic E-state index is 14.5. The van der Waals surface area contributed by atoms with Gasteiger partial charge in [-0.15, -0.1) is 0 Å². The predicted octanol–water partition coefficient (Wildman–Crippen LogP) is 1.82. The maximum Gasteiger partial charge on any atom is 0.414 e. The van der Waals surface area contributed by atoms with Crippen LogP contribution in [0.2, 0.25) is 0 Å². The van der Waals surface area contributed by atoms with E-state index < -0.39 is 24.2 Å². The summed E-state index contributed by atoms with van der Waals surface area (Å²) in [5.74, 6) is -0.591. The minimum Gasteiger partial charge on any atom is -0.447 e. The van der Waals surface area contributed by atoms with Crippen molar-refractivity contribution < 1.29 is 23.5 Å². The van der Waals surface area contributed by atoms with E-state index in [1.54, 1.807) is 6.07 Å². The zero-order valence-electron chi connectivity index (χ0n) is 12.5. The highest BCUT2D eigenvalue weighted by Crippen LogP contribution is 2.30. The average molecular weight is 335 g/mol. The van der Waals surface area contributed by atoms with Crippen LogP contribution in [0.1, 0.15) is 0 Å². The minimum atomic E-state index is -0.957. The Labute approximate surface area is 136 Å². The van der Waals surface area contributed by atoms with E-state index in [0.717, 1.165) is 0 Å². The summed E-state index contributed by atoms with van der Waals surface area (Å²) in [6, 6.07) is 4.27. The van der Waals surface area contributed by atoms with Gasteiger partial charge in [0.05, 0.1) is 30.6 Å². The predicted molar refractivity (Wildman–Crippen MR) is 81.2 cm³/mol. The molecule has 1 aromatic rings. The first-order valence-electron chi connectivity index (χ1n) is 7.26. The smallest absolute Gasteiger partial charge is 0.414 e. The van der Waals surface area contributed by atoms with Gasteiger partial charge in [0.25, 0.3) is 0 Å². The van der Waals surface area contributed by atoms with E-state index in [-0.39, 0.29) is 25.4 Å². The standard InChI is InChI=1S/C14H14FN5O4/c15-11-5-9(19-3-4-23-14(19)22)1-2-12(11)20-7-10(6-17-18-16)24-13(20)8-21/h1-2,5,8,10,13H,3-4,6-7H2. The molecule has 24 heavy (non-hydrogen) atoms. The molecule has 9 nitrogen and oxygen atoms in total. The fourth-order valence-electron chi connectivity index (χ4n) is 2.73. The second-order valence-electron chi connectivity index (χ2n) is 5.25. The number of carbonyl (C=O) groups excluding carboxylic acids is 2. The van der Waals surface area contributed by atoms with Gasteiger partial charge in [0.15, 0.2) is 12.5 Å². The Bertz CT molecular complexity index is 708. The van der Waals surface area contributed by atoms with Gasteiger partial charge in [0.1, 0.15) is 12.4 Å². The summed E-state index contributed by atoms with van der Waals surface area (Å²) in [6.45, 7) is 0.882. The van der Waals surface area contributed by atoms with E-state index in [1.807, 2.05) is 0 Å². The highest BCUT2D eigenvalue weighted by atomic mass is 19.1. The molecule has 2 fully saturated rings. The number of aldehydes is 1. The van der Waals surface area contributed by atoms with Crippen molar-refractivity contribution in [3.8, 4) is 0 Å². The normalized spacial score (nSPS) is 23.1. The van der Waals surface area contributed by atoms with Crippen LogP contribution in [-0.4, -0.2) is 51.0 Å². The number of rotatable bonds is 5. The average Bonchev–Trinajstić information content (AvgIpc) is 3.18. The fraction of sp³-hybridized carbons (Fsp3) is 0.429. The van der Waals surface area contributed by atoms with Crippen LogP contribution in [0, 0.1) is 5.82 Å². The Morgan fingerprint density at radius 2 is 2.33 bits per heavy atom. The molecular weight excluding hydrogens is 321 g/mol. The first-order chi connectivity index (χ1) is 11.6. The van der Waals surface area contributed by atoms with Crippen molar-refractivity contribution in [3.63, 3.8) is 0 Å². The van der Waals surface area contributed by atoms with Crippen LogP contribution in [0.4, 0.5) is 20.6 Å². The van der Waals surface area contributed by atoms with Gasteiger partial charge in [0, 0.05) is 11.5 Å². The van der Waals surface area contributed by atoms with Crippen molar-refractivity contribution in [1.29, 1.82) is 0 Å². The molecule has 2 heterocycles. The van der Waals surface area contributed by atoms with Gasteiger partial charge in [-0.2, -0.15) is 0 Å². The molecule has 0 radical (unpaired) electrons. The van der Waals surface area contributed by atoms with Crippen LogP contribution in [0.3, 0.4) is 0 Å². The molecule has 2 unspecified atom stereocenters. The van der Waals surface area contributed by atoms with Crippen molar-refractivity contribution in [2.45, 2.75) is 12.3 Å². The van der Waals surface area contributed by atoms with Crippen molar-refractivity contribution in [2.75, 3.05) is 36.0 Å². The molecule has 3 rings (SSSR count). The largest absolute Gasteiger partial charge is 0.447 e. The lowest BCUT2D eigenvalue weighted by Crippen LogP contribution is -2.32. The molecule has 10 heteroatoms. The van der Waals surface area contributed by atoms with Crippen LogP contribution in [-0.2, 0) is 14.3 Å². The van der Waals surface area contributed by atoms with Crippen LogP contribution in [0.25, 0.3) is 10.4 Å². The number of cyclic esters (lactones) is 1. The Morgan fingerprint density at radius 1 is 1.50 bits per heavy atom. The monoisotopic (exact) mass is 335 g/mol. The van der Waals surface area contributed by atoms with Gasteiger partial charge < -0.3 is 14.4 Å². The first kappa shape index (κ1) is 16.0. The van der Waals surface area contributed by atoms with Crippen molar-refractivity contribution in [2.24, 2.45) is 5.11 Å². The number of hydrogen-bond acceptors (Lipinski definition) is 6. The van der Waals surface area contributed by atoms with E-state index in [2.05, 4.69) is 10.0 Å². The zero-order valence-corrected chi connectivity index (χ0v) is 12.5. The van der Waals surface area contributed by atoms with E-state index in [0.29, 0.717) is 18.5 Å². The van der Waals surface area contributed by atoms with Gasteiger partial charge >= 0.3 is 6.09 Å². The van der Waals surface area contributed by atoms with E-state index in [1.165, 1.54) is 21.9 Å². The number of hydrogen-bond donors (Lipinski definition) is 0. The molecule has 0 bridgehead atoms. The molecule has 2 aliphatic rings. The SMILES string of the molecule is [N-]=[N+]=NCC1CN(c2ccc(N3CCOC3=O)cc2F)C(C=O)O1. The third kappa shape index (κ3) is 2.97. The lowest BCUT2D eigenvalue weighted by atomic mass is 10.2. The summed E-state index contributed by atoms with van der Waals surface area (Å²) >= 11 is 0. The van der Waals surface area contributed by atoms with Crippen molar-refractivity contribution >= 4 is 23.8 Å². The Morgan fingerprint density at radius 3 is 2.96 bits per heavy atom. The summed E-state index contributed by atoms with van der Waals surface area (Å²) in [7, 11) is 0. The number of carbonyl (C=O) groups is 2. The van der Waals surface area contributed by atoms with Gasteiger partial charge in [-0.3, -0.25) is 9.69 Å². The Hall–Kier alpha value is -2.84. The second-order valence-corrected chi connectivity index (χ2v) is 5.25. The van der Waals surface area contributed by atoms with Crippen LogP contribution >= 0.6 is 0 Å². The highest BCUT2D eigenvalue weighted by molar-refractivity contribution is 5.89. The molecule has 0 saturated carbocycles. The van der Waals surface area contributed by atoms with E-state index in [9.17, 15) is 14.0 Å². The van der Waals surface area contributed by atoms with Crippen LogP contribution in [0.5, 0.6) is 0 Å². The maximum absolute atomic E-state index is 14.5. The number of amides is 1. The Kier molecular flexibility index (Phi) is 4.50. The van der Waals surface area contributed by atoms with E-state index in [4.69, 9.17) is 15.0 Å². The molecule has 1 aromatic carbocycles. The molecule has 126 valence electrons. The lowest BCUT2D eigenvalue weighted by Gasteiger charge is -2.22. The molecule has 0 N–H and O–H groups in total. The second kappa shape index (κ2) is 6.73. The highest BCUT2D eigenvalue weighted by Gasteiger charge is 2.34. The number of benzene rings is 1. The van der Waals surface area contributed by atoms with Crippen LogP contribution < -0.4 is 9.80 Å². The molecule has 2 saturated heterocycles. The number of halogens is 1. The molecule has 0 spiro atoms. The molecule has 0 aliphatic carbocycles. The summed E-state index contributed by atoms with van der Waals surface area (Å²) in [5, 5.41) is 3.41. The van der Waals surface area contributed by atoms with Gasteiger partial charge in [-0.05, 0) is 23.7 Å². The lowest BCUT2D eigenvalue weighted by molar-refractivity contribution is -0.117.